The molecule has 36 heavy (non-hydrogen) atoms. The predicted octanol–water partition coefficient (Wildman–Crippen LogP) is 7.48. The van der Waals surface area contributed by atoms with Crippen molar-refractivity contribution < 1.29 is 23.4 Å². The molecule has 1 atom stereocenters. The summed E-state index contributed by atoms with van der Waals surface area (Å²) in [4.78, 5) is 11.1. The fourth-order valence-electron chi connectivity index (χ4n) is 4.41. The van der Waals surface area contributed by atoms with E-state index in [1.807, 2.05) is 36.4 Å². The van der Waals surface area contributed by atoms with Crippen molar-refractivity contribution in [3.8, 4) is 22.6 Å². The highest BCUT2D eigenvalue weighted by Crippen LogP contribution is 2.37. The largest absolute Gasteiger partial charge is 0.497 e. The third-order valence-electron chi connectivity index (χ3n) is 6.39. The molecular formula is C31H37FO4. The number of methoxy groups -OCH3 is 2. The van der Waals surface area contributed by atoms with Gasteiger partial charge in [-0.15, -0.1) is 0 Å². The van der Waals surface area contributed by atoms with Gasteiger partial charge in [0, 0.05) is 25.7 Å². The van der Waals surface area contributed by atoms with Gasteiger partial charge >= 0.3 is 0 Å². The van der Waals surface area contributed by atoms with Crippen LogP contribution in [-0.2, 0) is 21.6 Å². The zero-order chi connectivity index (χ0) is 26.1. The molecule has 4 nitrogen and oxygen atoms in total. The second kappa shape index (κ2) is 12.7. The average Bonchev–Trinajstić information content (AvgIpc) is 2.87. The van der Waals surface area contributed by atoms with Gasteiger partial charge in [0.05, 0.1) is 7.11 Å². The van der Waals surface area contributed by atoms with Gasteiger partial charge < -0.3 is 19.0 Å². The van der Waals surface area contributed by atoms with E-state index in [2.05, 4.69) is 26.8 Å². The standard InChI is InChI=1S/C31H37FO4/c1-31(2,3)29-14-8-22(19-27(29)28-20-26(35-5)13-15-30(28)32)21-36-25-11-9-24(10-12-25)23(16-17-33)7-6-18-34-4/h8-15,17,19-20,23H,6-7,16,18,21H2,1-5H3/t23-/m1/s1. The van der Waals surface area contributed by atoms with Crippen LogP contribution in [-0.4, -0.2) is 27.1 Å². The van der Waals surface area contributed by atoms with Gasteiger partial charge in [0.15, 0.2) is 0 Å². The van der Waals surface area contributed by atoms with Crippen LogP contribution in [0.4, 0.5) is 4.39 Å². The van der Waals surface area contributed by atoms with Gasteiger partial charge in [0.1, 0.15) is 30.2 Å². The zero-order valence-corrected chi connectivity index (χ0v) is 22.0. The lowest BCUT2D eigenvalue weighted by Gasteiger charge is -2.24. The van der Waals surface area contributed by atoms with Crippen LogP contribution >= 0.6 is 0 Å². The van der Waals surface area contributed by atoms with Crippen LogP contribution in [0.25, 0.3) is 11.1 Å². The van der Waals surface area contributed by atoms with Crippen molar-refractivity contribution >= 4 is 6.29 Å². The minimum atomic E-state index is -0.287. The Balaban J connectivity index is 1.80. The van der Waals surface area contributed by atoms with Gasteiger partial charge in [-0.05, 0) is 82.8 Å². The van der Waals surface area contributed by atoms with Crippen LogP contribution in [0.3, 0.4) is 0 Å². The van der Waals surface area contributed by atoms with Crippen LogP contribution in [0.5, 0.6) is 11.5 Å². The first kappa shape index (κ1) is 27.4. The fraction of sp³-hybridized carbons (Fsp3) is 0.387. The van der Waals surface area contributed by atoms with Crippen molar-refractivity contribution in [3.63, 3.8) is 0 Å². The number of halogens is 1. The summed E-state index contributed by atoms with van der Waals surface area (Å²) < 4.78 is 31.4. The number of ether oxygens (including phenoxy) is 3. The van der Waals surface area contributed by atoms with E-state index in [1.54, 1.807) is 26.4 Å². The Kier molecular flexibility index (Phi) is 9.65. The highest BCUT2D eigenvalue weighted by atomic mass is 19.1. The van der Waals surface area contributed by atoms with E-state index in [-0.39, 0.29) is 17.2 Å². The second-order valence-corrected chi connectivity index (χ2v) is 10.1. The minimum absolute atomic E-state index is 0.165. The van der Waals surface area contributed by atoms with Gasteiger partial charge in [-0.2, -0.15) is 0 Å². The SMILES string of the molecule is COCCC[C@H](CC=O)c1ccc(OCc2ccc(C(C)(C)C)c(-c3cc(OC)ccc3F)c2)cc1. The summed E-state index contributed by atoms with van der Waals surface area (Å²) in [5, 5.41) is 0. The van der Waals surface area contributed by atoms with Crippen LogP contribution in [0, 0.1) is 5.82 Å². The van der Waals surface area contributed by atoms with E-state index in [0.29, 0.717) is 30.9 Å². The van der Waals surface area contributed by atoms with Crippen molar-refractivity contribution in [2.24, 2.45) is 0 Å². The Morgan fingerprint density at radius 2 is 1.64 bits per heavy atom. The van der Waals surface area contributed by atoms with E-state index in [1.165, 1.54) is 6.07 Å². The van der Waals surface area contributed by atoms with E-state index >= 15 is 0 Å². The molecule has 0 spiro atoms. The van der Waals surface area contributed by atoms with E-state index in [9.17, 15) is 9.18 Å². The number of hydrogen-bond donors (Lipinski definition) is 0. The molecule has 0 aliphatic carbocycles. The molecule has 0 heterocycles. The summed E-state index contributed by atoms with van der Waals surface area (Å²) in [6.07, 6.45) is 3.28. The summed E-state index contributed by atoms with van der Waals surface area (Å²) in [5.41, 5.74) is 4.31. The smallest absolute Gasteiger partial charge is 0.131 e. The molecule has 0 unspecified atom stereocenters. The second-order valence-electron chi connectivity index (χ2n) is 10.1. The number of aldehydes is 1. The normalized spacial score (nSPS) is 12.3. The maximum Gasteiger partial charge on any atom is 0.131 e. The Labute approximate surface area is 214 Å². The molecule has 0 amide bonds. The van der Waals surface area contributed by atoms with Crippen molar-refractivity contribution in [1.29, 1.82) is 0 Å². The lowest BCUT2D eigenvalue weighted by Crippen LogP contribution is -2.13. The summed E-state index contributed by atoms with van der Waals surface area (Å²) in [5.74, 6) is 1.25. The molecule has 0 radical (unpaired) electrons. The molecule has 0 aliphatic heterocycles. The van der Waals surface area contributed by atoms with Crippen LogP contribution in [0.2, 0.25) is 0 Å². The Morgan fingerprint density at radius 1 is 0.917 bits per heavy atom. The van der Waals surface area contributed by atoms with Crippen molar-refractivity contribution in [3.05, 3.63) is 83.2 Å². The Bertz CT molecular complexity index is 1130. The minimum Gasteiger partial charge on any atom is -0.497 e. The molecular weight excluding hydrogens is 455 g/mol. The first-order valence-electron chi connectivity index (χ1n) is 12.4. The van der Waals surface area contributed by atoms with Crippen molar-refractivity contribution in [2.75, 3.05) is 20.8 Å². The van der Waals surface area contributed by atoms with Gasteiger partial charge in [-0.1, -0.05) is 45.0 Å². The molecule has 0 saturated heterocycles. The molecule has 0 fully saturated rings. The van der Waals surface area contributed by atoms with E-state index in [0.717, 1.165) is 47.1 Å². The zero-order valence-electron chi connectivity index (χ0n) is 22.0. The molecule has 192 valence electrons. The lowest BCUT2D eigenvalue weighted by molar-refractivity contribution is -0.108. The molecule has 0 saturated carbocycles. The number of hydrogen-bond acceptors (Lipinski definition) is 4. The Hall–Kier alpha value is -3.18. The monoisotopic (exact) mass is 492 g/mol. The van der Waals surface area contributed by atoms with Crippen molar-refractivity contribution in [1.82, 2.24) is 0 Å². The first-order valence-corrected chi connectivity index (χ1v) is 12.4. The maximum atomic E-state index is 14.9. The topological polar surface area (TPSA) is 44.8 Å². The molecule has 3 aromatic rings. The average molecular weight is 493 g/mol. The van der Waals surface area contributed by atoms with Crippen LogP contribution in [0.15, 0.2) is 60.7 Å². The molecule has 0 aromatic heterocycles. The summed E-state index contributed by atoms with van der Waals surface area (Å²) in [6.45, 7) is 7.40. The number of carbonyl (C=O) groups excluding carboxylic acids is 1. The quantitative estimate of drug-likeness (QED) is 0.194. The molecule has 0 aliphatic rings. The molecule has 0 bridgehead atoms. The van der Waals surface area contributed by atoms with Gasteiger partial charge in [0.2, 0.25) is 0 Å². The Morgan fingerprint density at radius 3 is 2.28 bits per heavy atom. The van der Waals surface area contributed by atoms with Crippen molar-refractivity contribution in [2.45, 2.75) is 58.0 Å². The van der Waals surface area contributed by atoms with E-state index in [4.69, 9.17) is 14.2 Å². The van der Waals surface area contributed by atoms with Gasteiger partial charge in [-0.3, -0.25) is 0 Å². The van der Waals surface area contributed by atoms with E-state index < -0.39 is 0 Å². The summed E-state index contributed by atoms with van der Waals surface area (Å²) in [6, 6.07) is 18.8. The third-order valence-corrected chi connectivity index (χ3v) is 6.39. The van der Waals surface area contributed by atoms with Crippen LogP contribution < -0.4 is 9.47 Å². The predicted molar refractivity (Wildman–Crippen MR) is 142 cm³/mol. The molecule has 5 heteroatoms. The fourth-order valence-corrected chi connectivity index (χ4v) is 4.41. The number of rotatable bonds is 12. The van der Waals surface area contributed by atoms with Crippen LogP contribution in [0.1, 0.15) is 62.6 Å². The third kappa shape index (κ3) is 7.17. The first-order chi connectivity index (χ1) is 17.3. The molecule has 0 N–H and O–H groups in total. The van der Waals surface area contributed by atoms with Gasteiger partial charge in [-0.25, -0.2) is 4.39 Å². The molecule has 3 rings (SSSR count). The number of carbonyl (C=O) groups is 1. The lowest BCUT2D eigenvalue weighted by atomic mass is 9.81. The van der Waals surface area contributed by atoms with Gasteiger partial charge in [0.25, 0.3) is 0 Å². The highest BCUT2D eigenvalue weighted by molar-refractivity contribution is 5.71. The molecule has 3 aromatic carbocycles. The highest BCUT2D eigenvalue weighted by Gasteiger charge is 2.21. The number of benzene rings is 3. The summed E-state index contributed by atoms with van der Waals surface area (Å²) in [7, 11) is 3.27. The maximum absolute atomic E-state index is 14.9. The summed E-state index contributed by atoms with van der Waals surface area (Å²) >= 11 is 0.